The largest absolute Gasteiger partial charge is 0.314 e. The van der Waals surface area contributed by atoms with Crippen LogP contribution in [0.1, 0.15) is 25.1 Å². The Balaban J connectivity index is 2.06. The molecule has 0 bridgehead atoms. The molecule has 4 heteroatoms. The Labute approximate surface area is 135 Å². The second-order valence-electron chi connectivity index (χ2n) is 5.91. The molecule has 1 N–H and O–H groups in total. The molecule has 0 saturated carbocycles. The van der Waals surface area contributed by atoms with Gasteiger partial charge in [0.1, 0.15) is 0 Å². The summed E-state index contributed by atoms with van der Waals surface area (Å²) in [4.78, 5) is 0. The predicted molar refractivity (Wildman–Crippen MR) is 91.4 cm³/mol. The van der Waals surface area contributed by atoms with Crippen molar-refractivity contribution in [2.24, 2.45) is 13.0 Å². The van der Waals surface area contributed by atoms with Crippen LogP contribution in [0.15, 0.2) is 41.0 Å². The van der Waals surface area contributed by atoms with Gasteiger partial charge in [-0.3, -0.25) is 4.68 Å². The molecule has 1 atom stereocenters. The molecule has 0 aliphatic heterocycles. The molecule has 1 aromatic carbocycles. The zero-order valence-corrected chi connectivity index (χ0v) is 14.6. The van der Waals surface area contributed by atoms with Crippen molar-refractivity contribution in [3.05, 3.63) is 52.3 Å². The van der Waals surface area contributed by atoms with Crippen molar-refractivity contribution in [3.63, 3.8) is 0 Å². The first-order valence-electron chi connectivity index (χ1n) is 7.50. The Morgan fingerprint density at radius 3 is 2.57 bits per heavy atom. The fraction of sp³-hybridized carbons (Fsp3) is 0.471. The van der Waals surface area contributed by atoms with Crippen molar-refractivity contribution >= 4 is 15.9 Å². The Morgan fingerprint density at radius 1 is 1.19 bits per heavy atom. The van der Waals surface area contributed by atoms with Crippen LogP contribution in [-0.2, 0) is 19.9 Å². The van der Waals surface area contributed by atoms with Crippen molar-refractivity contribution in [2.75, 3.05) is 6.54 Å². The van der Waals surface area contributed by atoms with Gasteiger partial charge < -0.3 is 5.32 Å². The number of nitrogens with one attached hydrogen (secondary N) is 1. The van der Waals surface area contributed by atoms with Crippen LogP contribution in [0.4, 0.5) is 0 Å². The summed E-state index contributed by atoms with van der Waals surface area (Å²) in [7, 11) is 1.97. The van der Waals surface area contributed by atoms with Gasteiger partial charge in [-0.1, -0.05) is 48.0 Å². The monoisotopic (exact) mass is 349 g/mol. The molecule has 2 rings (SSSR count). The van der Waals surface area contributed by atoms with Crippen LogP contribution in [0.3, 0.4) is 0 Å². The van der Waals surface area contributed by atoms with Crippen LogP contribution in [0.5, 0.6) is 0 Å². The highest BCUT2D eigenvalue weighted by Gasteiger charge is 2.14. The van der Waals surface area contributed by atoms with E-state index in [1.807, 2.05) is 17.9 Å². The highest BCUT2D eigenvalue weighted by atomic mass is 79.9. The summed E-state index contributed by atoms with van der Waals surface area (Å²) in [5.41, 5.74) is 2.53. The molecule has 1 heterocycles. The molecule has 0 amide bonds. The Bertz CT molecular complexity index is 563. The van der Waals surface area contributed by atoms with Gasteiger partial charge in [0.2, 0.25) is 0 Å². The zero-order valence-electron chi connectivity index (χ0n) is 13.0. The minimum absolute atomic E-state index is 0.510. The fourth-order valence-electron chi connectivity index (χ4n) is 2.46. The third kappa shape index (κ3) is 5.29. The Kier molecular flexibility index (Phi) is 6.00. The number of benzene rings is 1. The summed E-state index contributed by atoms with van der Waals surface area (Å²) in [6, 6.07) is 11.1. The van der Waals surface area contributed by atoms with E-state index in [1.54, 1.807) is 0 Å². The highest BCUT2D eigenvalue weighted by molar-refractivity contribution is 9.10. The number of rotatable bonds is 7. The Morgan fingerprint density at radius 2 is 1.95 bits per heavy atom. The summed E-state index contributed by atoms with van der Waals surface area (Å²) in [6.45, 7) is 5.39. The molecule has 0 aliphatic rings. The quantitative estimate of drug-likeness (QED) is 0.827. The van der Waals surface area contributed by atoms with Crippen molar-refractivity contribution in [1.82, 2.24) is 15.1 Å². The van der Waals surface area contributed by atoms with E-state index in [9.17, 15) is 0 Å². The first kappa shape index (κ1) is 16.2. The van der Waals surface area contributed by atoms with Gasteiger partial charge in [0.05, 0.1) is 5.69 Å². The van der Waals surface area contributed by atoms with Gasteiger partial charge in [-0.2, -0.15) is 5.10 Å². The second kappa shape index (κ2) is 7.76. The number of aryl methyl sites for hydroxylation is 1. The molecule has 2 aromatic rings. The van der Waals surface area contributed by atoms with E-state index in [-0.39, 0.29) is 0 Å². The molecule has 114 valence electrons. The molecule has 0 saturated heterocycles. The lowest BCUT2D eigenvalue weighted by molar-refractivity contribution is 0.439. The molecule has 1 aromatic heterocycles. The minimum Gasteiger partial charge on any atom is -0.314 e. The van der Waals surface area contributed by atoms with E-state index < -0.39 is 0 Å². The molecule has 0 fully saturated rings. The van der Waals surface area contributed by atoms with Gasteiger partial charge >= 0.3 is 0 Å². The SMILES string of the molecule is CC(C)NCC(Cc1ccn(C)n1)Cc1ccccc1Br. The van der Waals surface area contributed by atoms with Gasteiger partial charge in [0.15, 0.2) is 0 Å². The molecule has 21 heavy (non-hydrogen) atoms. The minimum atomic E-state index is 0.510. The Hall–Kier alpha value is -1.13. The first-order valence-corrected chi connectivity index (χ1v) is 8.29. The average molecular weight is 350 g/mol. The maximum atomic E-state index is 4.52. The van der Waals surface area contributed by atoms with Gasteiger partial charge in [0, 0.05) is 23.8 Å². The number of halogens is 1. The van der Waals surface area contributed by atoms with Crippen LogP contribution in [0, 0.1) is 5.92 Å². The van der Waals surface area contributed by atoms with Crippen molar-refractivity contribution in [1.29, 1.82) is 0 Å². The van der Waals surface area contributed by atoms with E-state index in [2.05, 4.69) is 70.5 Å². The van der Waals surface area contributed by atoms with E-state index in [4.69, 9.17) is 0 Å². The van der Waals surface area contributed by atoms with E-state index >= 15 is 0 Å². The smallest absolute Gasteiger partial charge is 0.0627 e. The summed E-state index contributed by atoms with van der Waals surface area (Å²) in [5, 5.41) is 8.08. The molecule has 0 spiro atoms. The fourth-order valence-corrected chi connectivity index (χ4v) is 2.91. The van der Waals surface area contributed by atoms with Gasteiger partial charge in [-0.05, 0) is 43.0 Å². The number of hydrogen-bond acceptors (Lipinski definition) is 2. The van der Waals surface area contributed by atoms with E-state index in [0.717, 1.165) is 19.4 Å². The predicted octanol–water partition coefficient (Wildman–Crippen LogP) is 3.58. The normalized spacial score (nSPS) is 12.8. The van der Waals surface area contributed by atoms with Gasteiger partial charge in [0.25, 0.3) is 0 Å². The van der Waals surface area contributed by atoms with Crippen LogP contribution in [-0.4, -0.2) is 22.4 Å². The molecule has 0 aliphatic carbocycles. The lowest BCUT2D eigenvalue weighted by atomic mass is 9.94. The molecule has 3 nitrogen and oxygen atoms in total. The summed E-state index contributed by atoms with van der Waals surface area (Å²) in [5.74, 6) is 0.543. The standard InChI is InChI=1S/C17H24BrN3/c1-13(2)19-12-14(11-16-8-9-21(3)20-16)10-15-6-4-5-7-17(15)18/h4-9,13-14,19H,10-12H2,1-3H3. The van der Waals surface area contributed by atoms with E-state index in [1.165, 1.54) is 15.7 Å². The number of nitrogens with zero attached hydrogens (tertiary/aromatic N) is 2. The van der Waals surface area contributed by atoms with E-state index in [0.29, 0.717) is 12.0 Å². The van der Waals surface area contributed by atoms with Crippen molar-refractivity contribution in [3.8, 4) is 0 Å². The van der Waals surface area contributed by atoms with Crippen LogP contribution < -0.4 is 5.32 Å². The molecule has 1 unspecified atom stereocenters. The first-order chi connectivity index (χ1) is 10.0. The highest BCUT2D eigenvalue weighted by Crippen LogP contribution is 2.21. The van der Waals surface area contributed by atoms with Crippen molar-refractivity contribution in [2.45, 2.75) is 32.7 Å². The molecular weight excluding hydrogens is 326 g/mol. The van der Waals surface area contributed by atoms with Gasteiger partial charge in [-0.25, -0.2) is 0 Å². The summed E-state index contributed by atoms with van der Waals surface area (Å²) < 4.78 is 3.07. The molecular formula is C17H24BrN3. The van der Waals surface area contributed by atoms with Crippen LogP contribution in [0.25, 0.3) is 0 Å². The topological polar surface area (TPSA) is 29.9 Å². The van der Waals surface area contributed by atoms with Crippen LogP contribution in [0.2, 0.25) is 0 Å². The average Bonchev–Trinajstić information content (AvgIpc) is 2.84. The third-order valence-electron chi connectivity index (χ3n) is 3.55. The van der Waals surface area contributed by atoms with Crippen LogP contribution >= 0.6 is 15.9 Å². The maximum absolute atomic E-state index is 4.52. The maximum Gasteiger partial charge on any atom is 0.0627 e. The summed E-state index contributed by atoms with van der Waals surface area (Å²) in [6.07, 6.45) is 4.07. The lowest BCUT2D eigenvalue weighted by Crippen LogP contribution is -2.31. The van der Waals surface area contributed by atoms with Crippen molar-refractivity contribution < 1.29 is 0 Å². The van der Waals surface area contributed by atoms with Gasteiger partial charge in [-0.15, -0.1) is 0 Å². The lowest BCUT2D eigenvalue weighted by Gasteiger charge is -2.19. The second-order valence-corrected chi connectivity index (χ2v) is 6.76. The third-order valence-corrected chi connectivity index (χ3v) is 4.32. The molecule has 0 radical (unpaired) electrons. The summed E-state index contributed by atoms with van der Waals surface area (Å²) >= 11 is 3.65. The number of hydrogen-bond donors (Lipinski definition) is 1. The zero-order chi connectivity index (χ0) is 15.2. The number of aromatic nitrogens is 2.